The van der Waals surface area contributed by atoms with Crippen molar-refractivity contribution in [2.24, 2.45) is 0 Å². The van der Waals surface area contributed by atoms with Gasteiger partial charge in [0.05, 0.1) is 10.6 Å². The van der Waals surface area contributed by atoms with Crippen molar-refractivity contribution in [3.63, 3.8) is 0 Å². The van der Waals surface area contributed by atoms with Crippen molar-refractivity contribution in [2.45, 2.75) is 41.3 Å². The molecule has 2 aliphatic heterocycles. The zero-order chi connectivity index (χ0) is 16.6. The fourth-order valence-corrected chi connectivity index (χ4v) is 5.03. The van der Waals surface area contributed by atoms with Crippen LogP contribution in [-0.4, -0.2) is 39.1 Å². The predicted molar refractivity (Wildman–Crippen MR) is 87.7 cm³/mol. The maximum atomic E-state index is 12.6. The molecule has 1 aromatic rings. The summed E-state index contributed by atoms with van der Waals surface area (Å²) >= 11 is 1.99. The minimum Gasteiger partial charge on any atom is -0.323 e. The van der Waals surface area contributed by atoms with Crippen LogP contribution < -0.4 is 5.32 Å². The predicted octanol–water partition coefficient (Wildman–Crippen LogP) is 3.39. The summed E-state index contributed by atoms with van der Waals surface area (Å²) in [5.74, 6) is -2.37. The molecule has 2 saturated heterocycles. The lowest BCUT2D eigenvalue weighted by molar-refractivity contribution is -0.135. The molecule has 0 saturated carbocycles. The van der Waals surface area contributed by atoms with Crippen LogP contribution in [0.25, 0.3) is 0 Å². The van der Waals surface area contributed by atoms with Gasteiger partial charge >= 0.3 is 0 Å². The highest BCUT2D eigenvalue weighted by atomic mass is 32.2. The minimum absolute atomic E-state index is 0.0205. The third-order valence-corrected chi connectivity index (χ3v) is 6.40. The van der Waals surface area contributed by atoms with Gasteiger partial charge in [-0.3, -0.25) is 9.59 Å². The van der Waals surface area contributed by atoms with E-state index in [9.17, 15) is 18.4 Å². The monoisotopic (exact) mass is 358 g/mol. The van der Waals surface area contributed by atoms with Crippen LogP contribution >= 0.6 is 23.5 Å². The average Bonchev–Trinajstić information content (AvgIpc) is 2.98. The molecular formula is C15H16F2N2O2S2. The summed E-state index contributed by atoms with van der Waals surface area (Å²) in [6.07, 6.45) is 1.18. The van der Waals surface area contributed by atoms with Gasteiger partial charge in [0.15, 0.2) is 0 Å². The molecule has 0 radical (unpaired) electrons. The molecule has 0 unspecified atom stereocenters. The van der Waals surface area contributed by atoms with E-state index in [0.29, 0.717) is 34.5 Å². The van der Waals surface area contributed by atoms with E-state index in [4.69, 9.17) is 0 Å². The first-order valence-corrected chi connectivity index (χ1v) is 9.08. The summed E-state index contributed by atoms with van der Waals surface area (Å²) in [6, 6.07) is 5.91. The van der Waals surface area contributed by atoms with Crippen molar-refractivity contribution >= 4 is 41.0 Å². The first-order chi connectivity index (χ1) is 10.9. The van der Waals surface area contributed by atoms with Crippen LogP contribution in [0.4, 0.5) is 14.5 Å². The van der Waals surface area contributed by atoms with Crippen LogP contribution in [0.3, 0.4) is 0 Å². The molecule has 23 heavy (non-hydrogen) atoms. The molecule has 2 heterocycles. The molecule has 0 spiro atoms. The van der Waals surface area contributed by atoms with Gasteiger partial charge in [-0.1, -0.05) is 23.9 Å². The van der Waals surface area contributed by atoms with Crippen LogP contribution in [0.15, 0.2) is 29.2 Å². The topological polar surface area (TPSA) is 49.4 Å². The maximum Gasteiger partial charge on any atom is 0.288 e. The highest BCUT2D eigenvalue weighted by Gasteiger charge is 2.52. The number of nitrogens with zero attached hydrogens (tertiary/aromatic N) is 1. The van der Waals surface area contributed by atoms with Crippen molar-refractivity contribution in [3.8, 4) is 0 Å². The van der Waals surface area contributed by atoms with Crippen LogP contribution in [0, 0.1) is 0 Å². The third-order valence-electron chi connectivity index (χ3n) is 4.11. The van der Waals surface area contributed by atoms with Crippen LogP contribution in [0.1, 0.15) is 19.8 Å². The van der Waals surface area contributed by atoms with E-state index in [2.05, 4.69) is 5.32 Å². The summed E-state index contributed by atoms with van der Waals surface area (Å²) in [5, 5.41) is 2.71. The number of anilines is 1. The number of halogens is 2. The van der Waals surface area contributed by atoms with E-state index in [1.165, 1.54) is 0 Å². The smallest absolute Gasteiger partial charge is 0.288 e. The van der Waals surface area contributed by atoms with E-state index in [1.807, 2.05) is 6.92 Å². The molecule has 1 N–H and O–H groups in total. The molecular weight excluding hydrogens is 342 g/mol. The largest absolute Gasteiger partial charge is 0.323 e. The van der Waals surface area contributed by atoms with Gasteiger partial charge < -0.3 is 10.2 Å². The standard InChI is InChI=1S/C15H16F2N2O2S2/c1-15-7-6-12(20)19(15)10(8-22-15)13(21)18-9-4-2-3-5-11(9)23-14(16)17/h2-5,10,14H,6-8H2,1H3,(H,18,21)/t10-,15-/m1/s1. The number of hydrogen-bond acceptors (Lipinski definition) is 4. The van der Waals surface area contributed by atoms with Gasteiger partial charge in [-0.15, -0.1) is 11.8 Å². The minimum atomic E-state index is -2.56. The molecule has 0 aliphatic carbocycles. The van der Waals surface area contributed by atoms with Gasteiger partial charge in [0, 0.05) is 17.1 Å². The third kappa shape index (κ3) is 3.19. The molecule has 2 aliphatic rings. The zero-order valence-electron chi connectivity index (χ0n) is 12.4. The van der Waals surface area contributed by atoms with Crippen molar-refractivity contribution in [1.82, 2.24) is 4.90 Å². The second-order valence-electron chi connectivity index (χ2n) is 5.63. The summed E-state index contributed by atoms with van der Waals surface area (Å²) in [4.78, 5) is 26.3. The molecule has 0 aromatic heterocycles. The number of hydrogen-bond donors (Lipinski definition) is 1. The van der Waals surface area contributed by atoms with Crippen molar-refractivity contribution in [2.75, 3.05) is 11.1 Å². The Morgan fingerprint density at radius 1 is 1.48 bits per heavy atom. The van der Waals surface area contributed by atoms with Crippen molar-refractivity contribution < 1.29 is 18.4 Å². The zero-order valence-corrected chi connectivity index (χ0v) is 14.1. The maximum absolute atomic E-state index is 12.6. The van der Waals surface area contributed by atoms with Gasteiger partial charge in [-0.25, -0.2) is 0 Å². The molecule has 1 aromatic carbocycles. The van der Waals surface area contributed by atoms with Crippen LogP contribution in [-0.2, 0) is 9.59 Å². The van der Waals surface area contributed by atoms with E-state index >= 15 is 0 Å². The number of alkyl halides is 2. The molecule has 8 heteroatoms. The Bertz CT molecular complexity index is 644. The molecule has 2 amide bonds. The number of carbonyl (C=O) groups excluding carboxylic acids is 2. The quantitative estimate of drug-likeness (QED) is 0.838. The lowest BCUT2D eigenvalue weighted by atomic mass is 10.2. The lowest BCUT2D eigenvalue weighted by Gasteiger charge is -2.30. The second-order valence-corrected chi connectivity index (χ2v) is 8.16. The number of benzene rings is 1. The Balaban J connectivity index is 1.77. The van der Waals surface area contributed by atoms with Crippen LogP contribution in [0.5, 0.6) is 0 Å². The van der Waals surface area contributed by atoms with Crippen molar-refractivity contribution in [3.05, 3.63) is 24.3 Å². The Labute approximate surface area is 141 Å². The number of fused-ring (bicyclic) bond motifs is 1. The number of nitrogens with one attached hydrogen (secondary N) is 1. The Morgan fingerprint density at radius 2 is 2.22 bits per heavy atom. The number of amides is 2. The highest BCUT2D eigenvalue weighted by Crippen LogP contribution is 2.47. The summed E-state index contributed by atoms with van der Waals surface area (Å²) in [6.45, 7) is 1.97. The van der Waals surface area contributed by atoms with E-state index in [0.717, 1.165) is 6.42 Å². The lowest BCUT2D eigenvalue weighted by Crippen LogP contribution is -2.48. The van der Waals surface area contributed by atoms with Gasteiger partial charge in [0.2, 0.25) is 11.8 Å². The van der Waals surface area contributed by atoms with Gasteiger partial charge in [-0.2, -0.15) is 8.78 Å². The summed E-state index contributed by atoms with van der Waals surface area (Å²) in [7, 11) is 0. The second kappa shape index (κ2) is 6.32. The molecule has 124 valence electrons. The van der Waals surface area contributed by atoms with E-state index < -0.39 is 11.8 Å². The van der Waals surface area contributed by atoms with Crippen molar-refractivity contribution in [1.29, 1.82) is 0 Å². The van der Waals surface area contributed by atoms with E-state index in [-0.39, 0.29) is 16.7 Å². The Kier molecular flexibility index (Phi) is 4.55. The Hall–Kier alpha value is -1.28. The van der Waals surface area contributed by atoms with Gasteiger partial charge in [-0.05, 0) is 25.5 Å². The molecule has 3 rings (SSSR count). The summed E-state index contributed by atoms with van der Waals surface area (Å²) < 4.78 is 25.2. The van der Waals surface area contributed by atoms with Crippen LogP contribution in [0.2, 0.25) is 0 Å². The fourth-order valence-electron chi connectivity index (χ4n) is 3.00. The number of carbonyl (C=O) groups is 2. The normalized spacial score (nSPS) is 26.7. The SMILES string of the molecule is C[C@@]12CCC(=O)N1[C@@H](C(=O)Nc1ccccc1SC(F)F)CS2. The molecule has 2 atom stereocenters. The molecule has 0 bridgehead atoms. The first kappa shape index (κ1) is 16.6. The highest BCUT2D eigenvalue weighted by molar-refractivity contribution is 8.01. The fraction of sp³-hybridized carbons (Fsp3) is 0.467. The first-order valence-electron chi connectivity index (χ1n) is 7.21. The summed E-state index contributed by atoms with van der Waals surface area (Å²) in [5.41, 5.74) is 0.355. The van der Waals surface area contributed by atoms with Gasteiger partial charge in [0.1, 0.15) is 6.04 Å². The van der Waals surface area contributed by atoms with E-state index in [1.54, 1.807) is 40.9 Å². The molecule has 4 nitrogen and oxygen atoms in total. The van der Waals surface area contributed by atoms with Gasteiger partial charge in [0.25, 0.3) is 5.76 Å². The number of rotatable bonds is 4. The Morgan fingerprint density at radius 3 is 2.96 bits per heavy atom. The average molecular weight is 358 g/mol. The number of thioether (sulfide) groups is 2. The number of para-hydroxylation sites is 1. The molecule has 2 fully saturated rings.